The second kappa shape index (κ2) is 8.80. The third-order valence-electron chi connectivity index (χ3n) is 4.36. The van der Waals surface area contributed by atoms with Gasteiger partial charge in [-0.25, -0.2) is 13.1 Å². The van der Waals surface area contributed by atoms with Crippen LogP contribution in [0.25, 0.3) is 17.0 Å². The number of sulfonamides is 1. The molecule has 0 spiro atoms. The van der Waals surface area contributed by atoms with Crippen molar-refractivity contribution in [2.24, 2.45) is 4.99 Å². The van der Waals surface area contributed by atoms with Crippen LogP contribution in [0.4, 0.5) is 5.69 Å². The van der Waals surface area contributed by atoms with E-state index < -0.39 is 10.0 Å². The molecule has 2 heterocycles. The summed E-state index contributed by atoms with van der Waals surface area (Å²) in [5.41, 5.74) is 3.01. The number of nitrogens with zero attached hydrogens (tertiary/aromatic N) is 2. The molecular weight excluding hydrogens is 456 g/mol. The molecule has 1 aromatic heterocycles. The summed E-state index contributed by atoms with van der Waals surface area (Å²) in [5, 5.41) is 4.86. The lowest BCUT2D eigenvalue weighted by Crippen LogP contribution is -2.21. The number of aliphatic imine (C=N–C) groups is 1. The fraction of sp³-hybridized carbons (Fsp3) is 0.0952. The highest BCUT2D eigenvalue weighted by atomic mass is 35.5. The van der Waals surface area contributed by atoms with Crippen LogP contribution in [0.1, 0.15) is 11.1 Å². The summed E-state index contributed by atoms with van der Waals surface area (Å²) < 4.78 is 25.0. The third kappa shape index (κ3) is 5.50. The quantitative estimate of drug-likeness (QED) is 0.544. The van der Waals surface area contributed by atoms with Crippen molar-refractivity contribution in [3.63, 3.8) is 0 Å². The van der Waals surface area contributed by atoms with Gasteiger partial charge in [-0.2, -0.15) is 4.99 Å². The van der Waals surface area contributed by atoms with E-state index in [4.69, 9.17) is 11.6 Å². The van der Waals surface area contributed by atoms with Crippen molar-refractivity contribution in [3.8, 4) is 0 Å². The van der Waals surface area contributed by atoms with Crippen LogP contribution in [0.15, 0.2) is 64.6 Å². The number of carbonyl (C=O) groups is 1. The van der Waals surface area contributed by atoms with Gasteiger partial charge in [0.2, 0.25) is 10.0 Å². The van der Waals surface area contributed by atoms with Crippen LogP contribution in [-0.2, 0) is 21.4 Å². The fourth-order valence-corrected chi connectivity index (χ4v) is 4.33. The average molecular weight is 473 g/mol. The van der Waals surface area contributed by atoms with Gasteiger partial charge in [0.25, 0.3) is 5.91 Å². The van der Waals surface area contributed by atoms with Crippen molar-refractivity contribution >= 4 is 67.1 Å². The number of thioether (sulfide) groups is 1. The second-order valence-corrected chi connectivity index (χ2v) is 10.1. The number of fused-ring (bicyclic) bond motifs is 1. The second-order valence-electron chi connectivity index (χ2n) is 6.82. The largest absolute Gasteiger partial charge is 0.333 e. The predicted octanol–water partition coefficient (Wildman–Crippen LogP) is 4.02. The fourth-order valence-electron chi connectivity index (χ4n) is 2.91. The molecule has 158 valence electrons. The van der Waals surface area contributed by atoms with E-state index in [2.05, 4.69) is 20.0 Å². The summed E-state index contributed by atoms with van der Waals surface area (Å²) >= 11 is 7.46. The minimum absolute atomic E-state index is 0.130. The van der Waals surface area contributed by atoms with Gasteiger partial charge in [-0.05, 0) is 59.3 Å². The van der Waals surface area contributed by atoms with E-state index in [1.54, 1.807) is 30.5 Å². The zero-order valence-corrected chi connectivity index (χ0v) is 18.7. The van der Waals surface area contributed by atoms with Gasteiger partial charge in [-0.3, -0.25) is 9.78 Å². The predicted molar refractivity (Wildman–Crippen MR) is 127 cm³/mol. The number of benzene rings is 2. The molecule has 0 saturated carbocycles. The third-order valence-corrected chi connectivity index (χ3v) is 6.25. The molecule has 1 aliphatic heterocycles. The maximum absolute atomic E-state index is 12.4. The zero-order valence-electron chi connectivity index (χ0n) is 16.3. The lowest BCUT2D eigenvalue weighted by atomic mass is 10.1. The van der Waals surface area contributed by atoms with Gasteiger partial charge in [0.1, 0.15) is 0 Å². The van der Waals surface area contributed by atoms with Gasteiger partial charge < -0.3 is 5.32 Å². The SMILES string of the molecule is CS(=O)(=O)NCc1ccc(Cl)c(NC2=NC(=O)C(=Cc3ccc4ncccc4c3)S2)c1. The molecular formula is C21H17ClN4O3S2. The van der Waals surface area contributed by atoms with E-state index in [1.165, 1.54) is 11.8 Å². The molecule has 0 fully saturated rings. The lowest BCUT2D eigenvalue weighted by molar-refractivity contribution is -0.113. The molecule has 0 radical (unpaired) electrons. The summed E-state index contributed by atoms with van der Waals surface area (Å²) in [6.45, 7) is 0.130. The molecule has 0 atom stereocenters. The first-order valence-corrected chi connectivity index (χ1v) is 12.2. The van der Waals surface area contributed by atoms with Crippen LogP contribution in [0, 0.1) is 0 Å². The minimum Gasteiger partial charge on any atom is -0.333 e. The number of rotatable bonds is 5. The van der Waals surface area contributed by atoms with Crippen molar-refractivity contribution in [3.05, 3.63) is 75.8 Å². The summed E-state index contributed by atoms with van der Waals surface area (Å²) in [6.07, 6.45) is 4.61. The molecule has 2 N–H and O–H groups in total. The molecule has 0 bridgehead atoms. The molecule has 7 nitrogen and oxygen atoms in total. The van der Waals surface area contributed by atoms with Crippen LogP contribution in [-0.4, -0.2) is 30.7 Å². The van der Waals surface area contributed by atoms with Gasteiger partial charge in [0.05, 0.1) is 27.4 Å². The van der Waals surface area contributed by atoms with Crippen LogP contribution >= 0.6 is 23.4 Å². The first kappa shape index (κ1) is 21.5. The molecule has 3 aromatic rings. The van der Waals surface area contributed by atoms with E-state index in [-0.39, 0.29) is 12.5 Å². The normalized spacial score (nSPS) is 15.5. The smallest absolute Gasteiger partial charge is 0.286 e. The Labute approximate surface area is 188 Å². The number of amidine groups is 1. The number of halogens is 1. The van der Waals surface area contributed by atoms with E-state index >= 15 is 0 Å². The maximum Gasteiger partial charge on any atom is 0.286 e. The van der Waals surface area contributed by atoms with Crippen molar-refractivity contribution < 1.29 is 13.2 Å². The number of anilines is 1. The van der Waals surface area contributed by atoms with Crippen LogP contribution in [0.3, 0.4) is 0 Å². The molecule has 2 aromatic carbocycles. The average Bonchev–Trinajstić information content (AvgIpc) is 3.06. The standard InChI is InChI=1S/C21H17ClN4O3S2/c1-31(28,29)24-12-14-4-6-16(22)18(10-14)25-21-26-20(27)19(30-21)11-13-5-7-17-15(9-13)3-2-8-23-17/h2-11,24H,12H2,1H3,(H,25,26,27). The molecule has 1 aliphatic rings. The van der Waals surface area contributed by atoms with Gasteiger partial charge in [0.15, 0.2) is 5.17 Å². The lowest BCUT2D eigenvalue weighted by Gasteiger charge is -2.10. The molecule has 4 rings (SSSR count). The zero-order chi connectivity index (χ0) is 22.0. The van der Waals surface area contributed by atoms with E-state index in [0.29, 0.717) is 26.3 Å². The Bertz CT molecular complexity index is 1350. The van der Waals surface area contributed by atoms with Crippen molar-refractivity contribution in [1.29, 1.82) is 0 Å². The summed E-state index contributed by atoms with van der Waals surface area (Å²) in [5.74, 6) is -0.343. The number of pyridine rings is 1. The Kier molecular flexibility index (Phi) is 6.10. The molecule has 1 amide bonds. The Morgan fingerprint density at radius 2 is 2.00 bits per heavy atom. The molecule has 0 aliphatic carbocycles. The minimum atomic E-state index is -3.31. The highest BCUT2D eigenvalue weighted by Crippen LogP contribution is 2.32. The summed E-state index contributed by atoms with van der Waals surface area (Å²) in [6, 6.07) is 14.7. The monoisotopic (exact) mass is 472 g/mol. The number of amides is 1. The maximum atomic E-state index is 12.4. The van der Waals surface area contributed by atoms with Crippen molar-refractivity contribution in [2.75, 3.05) is 11.6 Å². The highest BCUT2D eigenvalue weighted by Gasteiger charge is 2.22. The first-order chi connectivity index (χ1) is 14.8. The Morgan fingerprint density at radius 3 is 2.81 bits per heavy atom. The van der Waals surface area contributed by atoms with Crippen LogP contribution < -0.4 is 10.0 Å². The number of hydrogen-bond donors (Lipinski definition) is 2. The summed E-state index contributed by atoms with van der Waals surface area (Å²) in [7, 11) is -3.31. The molecule has 10 heteroatoms. The van der Waals surface area contributed by atoms with Crippen LogP contribution in [0.5, 0.6) is 0 Å². The van der Waals surface area contributed by atoms with Gasteiger partial charge >= 0.3 is 0 Å². The van der Waals surface area contributed by atoms with Gasteiger partial charge in [-0.15, -0.1) is 0 Å². The van der Waals surface area contributed by atoms with E-state index in [9.17, 15) is 13.2 Å². The topological polar surface area (TPSA) is 101 Å². The number of aromatic nitrogens is 1. The Morgan fingerprint density at radius 1 is 1.16 bits per heavy atom. The number of hydrogen-bond acceptors (Lipinski definition) is 6. The van der Waals surface area contributed by atoms with Crippen molar-refractivity contribution in [1.82, 2.24) is 9.71 Å². The number of nitrogens with one attached hydrogen (secondary N) is 2. The van der Waals surface area contributed by atoms with Gasteiger partial charge in [0, 0.05) is 18.1 Å². The van der Waals surface area contributed by atoms with E-state index in [1.807, 2.05) is 30.3 Å². The Hall–Kier alpha value is -2.72. The van der Waals surface area contributed by atoms with Crippen molar-refractivity contribution in [2.45, 2.75) is 6.54 Å². The van der Waals surface area contributed by atoms with Gasteiger partial charge in [-0.1, -0.05) is 29.8 Å². The van der Waals surface area contributed by atoms with E-state index in [0.717, 1.165) is 22.7 Å². The Balaban J connectivity index is 1.50. The first-order valence-electron chi connectivity index (χ1n) is 9.14. The van der Waals surface area contributed by atoms with Crippen LogP contribution in [0.2, 0.25) is 5.02 Å². The number of carbonyl (C=O) groups excluding carboxylic acids is 1. The highest BCUT2D eigenvalue weighted by molar-refractivity contribution is 8.18. The molecule has 0 saturated heterocycles. The molecule has 0 unspecified atom stereocenters. The molecule has 31 heavy (non-hydrogen) atoms. The summed E-state index contributed by atoms with van der Waals surface area (Å²) in [4.78, 5) is 21.2.